The van der Waals surface area contributed by atoms with E-state index in [4.69, 9.17) is 0 Å². The van der Waals surface area contributed by atoms with Gasteiger partial charge in [-0.05, 0) is 33.1 Å². The van der Waals surface area contributed by atoms with Crippen LogP contribution in [0.1, 0.15) is 39.5 Å². The van der Waals surface area contributed by atoms with Crippen LogP contribution in [0.3, 0.4) is 0 Å². The van der Waals surface area contributed by atoms with E-state index in [1.165, 1.54) is 0 Å². The second-order valence-corrected chi connectivity index (χ2v) is 4.83. The van der Waals surface area contributed by atoms with Crippen LogP contribution in [0.4, 0.5) is 0 Å². The molecule has 1 fully saturated rings. The van der Waals surface area contributed by atoms with Gasteiger partial charge in [-0.1, -0.05) is 12.7 Å². The average molecular weight is 207 g/mol. The van der Waals surface area contributed by atoms with Crippen LogP contribution >= 0.6 is 0 Å². The molecule has 15 heavy (non-hydrogen) atoms. The maximum absolute atomic E-state index is 11.7. The Hall–Kier alpha value is -1.05. The topological polar surface area (TPSA) is 20.3 Å². The molecule has 0 aromatic heterocycles. The Kier molecular flexibility index (Phi) is 3.72. The molecule has 1 aliphatic rings. The summed E-state index contributed by atoms with van der Waals surface area (Å²) in [6.07, 6.45) is 5.28. The van der Waals surface area contributed by atoms with Crippen LogP contribution in [0, 0.1) is 0 Å². The third kappa shape index (κ3) is 2.95. The van der Waals surface area contributed by atoms with Gasteiger partial charge in [-0.3, -0.25) is 4.79 Å². The lowest BCUT2D eigenvalue weighted by Gasteiger charge is -2.33. The standard InChI is InChI=1S/C13H21NO/c1-5-6-7-12(15)10-14-11(2)8-9-13(14,3)4/h5H,1-2,6-10H2,3-4H3. The molecule has 0 aromatic carbocycles. The number of nitrogens with zero attached hydrogens (tertiary/aromatic N) is 1. The van der Waals surface area contributed by atoms with Crippen molar-refractivity contribution in [3.63, 3.8) is 0 Å². The maximum atomic E-state index is 11.7. The SMILES string of the molecule is C=CCCC(=O)CN1C(=C)CCC1(C)C. The molecule has 0 bridgehead atoms. The van der Waals surface area contributed by atoms with E-state index in [1.54, 1.807) is 6.08 Å². The fourth-order valence-electron chi connectivity index (χ4n) is 1.99. The molecule has 0 saturated carbocycles. The minimum atomic E-state index is 0.0981. The van der Waals surface area contributed by atoms with Crippen LogP contribution in [-0.2, 0) is 4.79 Å². The second kappa shape index (κ2) is 4.65. The molecule has 2 nitrogen and oxygen atoms in total. The zero-order chi connectivity index (χ0) is 11.5. The summed E-state index contributed by atoms with van der Waals surface area (Å²) in [5.41, 5.74) is 1.20. The summed E-state index contributed by atoms with van der Waals surface area (Å²) in [7, 11) is 0. The molecular weight excluding hydrogens is 186 g/mol. The lowest BCUT2D eigenvalue weighted by atomic mass is 10.0. The second-order valence-electron chi connectivity index (χ2n) is 4.83. The van der Waals surface area contributed by atoms with Crippen molar-refractivity contribution in [1.82, 2.24) is 4.90 Å². The van der Waals surface area contributed by atoms with Gasteiger partial charge in [-0.25, -0.2) is 0 Å². The van der Waals surface area contributed by atoms with Gasteiger partial charge in [0, 0.05) is 17.7 Å². The molecule has 0 atom stereocenters. The largest absolute Gasteiger partial charge is 0.363 e. The van der Waals surface area contributed by atoms with E-state index in [0.717, 1.165) is 25.0 Å². The molecule has 0 aliphatic carbocycles. The van der Waals surface area contributed by atoms with Crippen LogP contribution in [-0.4, -0.2) is 22.8 Å². The first-order valence-corrected chi connectivity index (χ1v) is 5.55. The normalized spacial score (nSPS) is 19.3. The summed E-state index contributed by atoms with van der Waals surface area (Å²) in [4.78, 5) is 13.8. The van der Waals surface area contributed by atoms with Gasteiger partial charge < -0.3 is 4.90 Å². The molecule has 2 heteroatoms. The zero-order valence-corrected chi connectivity index (χ0v) is 9.88. The average Bonchev–Trinajstić information content (AvgIpc) is 2.42. The van der Waals surface area contributed by atoms with Crippen LogP contribution in [0.25, 0.3) is 0 Å². The number of carbonyl (C=O) groups is 1. The van der Waals surface area contributed by atoms with Crippen molar-refractivity contribution in [1.29, 1.82) is 0 Å². The zero-order valence-electron chi connectivity index (χ0n) is 9.88. The highest BCUT2D eigenvalue weighted by Crippen LogP contribution is 2.34. The van der Waals surface area contributed by atoms with E-state index in [9.17, 15) is 4.79 Å². The van der Waals surface area contributed by atoms with Crippen molar-refractivity contribution in [2.45, 2.75) is 45.1 Å². The molecule has 0 N–H and O–H groups in total. The van der Waals surface area contributed by atoms with Crippen molar-refractivity contribution in [3.8, 4) is 0 Å². The molecule has 84 valence electrons. The highest BCUT2D eigenvalue weighted by molar-refractivity contribution is 5.81. The van der Waals surface area contributed by atoms with Crippen molar-refractivity contribution in [3.05, 3.63) is 24.9 Å². The molecule has 0 unspecified atom stereocenters. The number of rotatable bonds is 5. The van der Waals surface area contributed by atoms with Gasteiger partial charge in [0.05, 0.1) is 6.54 Å². The maximum Gasteiger partial charge on any atom is 0.152 e. The van der Waals surface area contributed by atoms with Gasteiger partial charge in [0.1, 0.15) is 0 Å². The van der Waals surface area contributed by atoms with E-state index < -0.39 is 0 Å². The Morgan fingerprint density at radius 2 is 2.27 bits per heavy atom. The summed E-state index contributed by atoms with van der Waals surface area (Å²) in [5, 5.41) is 0. The molecule has 1 saturated heterocycles. The summed E-state index contributed by atoms with van der Waals surface area (Å²) in [5.74, 6) is 0.283. The molecule has 1 heterocycles. The molecule has 1 rings (SSSR count). The Morgan fingerprint density at radius 1 is 1.60 bits per heavy atom. The van der Waals surface area contributed by atoms with E-state index >= 15 is 0 Å². The minimum absolute atomic E-state index is 0.0981. The molecule has 0 aromatic rings. The first-order valence-electron chi connectivity index (χ1n) is 5.55. The van der Waals surface area contributed by atoms with Crippen LogP contribution in [0.2, 0.25) is 0 Å². The van der Waals surface area contributed by atoms with Gasteiger partial charge in [-0.2, -0.15) is 0 Å². The van der Waals surface area contributed by atoms with Crippen molar-refractivity contribution in [2.75, 3.05) is 6.54 Å². The predicted octanol–water partition coefficient (Wildman–Crippen LogP) is 2.91. The van der Waals surface area contributed by atoms with Gasteiger partial charge in [0.15, 0.2) is 5.78 Å². The van der Waals surface area contributed by atoms with Gasteiger partial charge in [0.25, 0.3) is 0 Å². The van der Waals surface area contributed by atoms with Gasteiger partial charge in [0.2, 0.25) is 0 Å². The molecule has 0 radical (unpaired) electrons. The van der Waals surface area contributed by atoms with Crippen molar-refractivity contribution < 1.29 is 4.79 Å². The third-order valence-electron chi connectivity index (χ3n) is 3.10. The first-order chi connectivity index (χ1) is 6.97. The molecule has 0 amide bonds. The number of likely N-dealkylation sites (tertiary alicyclic amines) is 1. The first kappa shape index (κ1) is 12.0. The Bertz CT molecular complexity index is 278. The summed E-state index contributed by atoms with van der Waals surface area (Å²) >= 11 is 0. The lowest BCUT2D eigenvalue weighted by Crippen LogP contribution is -2.40. The van der Waals surface area contributed by atoms with Crippen molar-refractivity contribution in [2.24, 2.45) is 0 Å². The van der Waals surface area contributed by atoms with Gasteiger partial charge in [-0.15, -0.1) is 6.58 Å². The van der Waals surface area contributed by atoms with Crippen LogP contribution < -0.4 is 0 Å². The number of allylic oxidation sites excluding steroid dienone is 2. The van der Waals surface area contributed by atoms with Gasteiger partial charge >= 0.3 is 0 Å². The van der Waals surface area contributed by atoms with E-state index in [0.29, 0.717) is 13.0 Å². The quantitative estimate of drug-likeness (QED) is 0.646. The molecule has 0 spiro atoms. The summed E-state index contributed by atoms with van der Waals surface area (Å²) in [6.45, 7) is 12.5. The summed E-state index contributed by atoms with van der Waals surface area (Å²) < 4.78 is 0. The number of ketones is 1. The Morgan fingerprint density at radius 3 is 2.73 bits per heavy atom. The fourth-order valence-corrected chi connectivity index (χ4v) is 1.99. The summed E-state index contributed by atoms with van der Waals surface area (Å²) in [6, 6.07) is 0. The lowest BCUT2D eigenvalue weighted by molar-refractivity contribution is -0.120. The fraction of sp³-hybridized carbons (Fsp3) is 0.615. The van der Waals surface area contributed by atoms with E-state index in [1.807, 2.05) is 0 Å². The monoisotopic (exact) mass is 207 g/mol. The predicted molar refractivity (Wildman–Crippen MR) is 63.6 cm³/mol. The molecule has 1 aliphatic heterocycles. The number of Topliss-reactive ketones (excluding diaryl/α,β-unsaturated/α-hetero) is 1. The smallest absolute Gasteiger partial charge is 0.152 e. The highest BCUT2D eigenvalue weighted by atomic mass is 16.1. The van der Waals surface area contributed by atoms with Crippen molar-refractivity contribution >= 4 is 5.78 Å². The number of hydrogen-bond donors (Lipinski definition) is 0. The van der Waals surface area contributed by atoms with Crippen LogP contribution in [0.5, 0.6) is 0 Å². The minimum Gasteiger partial charge on any atom is -0.363 e. The number of carbonyl (C=O) groups excluding carboxylic acids is 1. The van der Waals surface area contributed by atoms with Crippen LogP contribution in [0.15, 0.2) is 24.9 Å². The van der Waals surface area contributed by atoms with E-state index in [2.05, 4.69) is 31.9 Å². The molecular formula is C13H21NO. The Balaban J connectivity index is 2.52. The van der Waals surface area contributed by atoms with E-state index in [-0.39, 0.29) is 11.3 Å². The number of hydrogen-bond acceptors (Lipinski definition) is 2. The highest BCUT2D eigenvalue weighted by Gasteiger charge is 2.34. The third-order valence-corrected chi connectivity index (χ3v) is 3.10. The Labute approximate surface area is 92.7 Å².